The number of amides is 1. The maximum atomic E-state index is 13.4. The van der Waals surface area contributed by atoms with Crippen LogP contribution in [0.5, 0.6) is 0 Å². The Morgan fingerprint density at radius 3 is 2.70 bits per heavy atom. The Hall–Kier alpha value is -2.44. The molecule has 2 aromatic rings. The van der Waals surface area contributed by atoms with Gasteiger partial charge < -0.3 is 14.4 Å². The number of carbonyl (C=O) groups excluding carboxylic acids is 2. The topological polar surface area (TPSA) is 55.8 Å². The number of hydrogen-bond donors (Lipinski definition) is 0. The summed E-state index contributed by atoms with van der Waals surface area (Å²) in [5, 5.41) is 0. The summed E-state index contributed by atoms with van der Waals surface area (Å²) in [5.41, 5.74) is 1.23. The van der Waals surface area contributed by atoms with Crippen LogP contribution in [0.3, 0.4) is 0 Å². The molecule has 0 aliphatic carbocycles. The molecule has 2 aromatic carbocycles. The molecule has 5 nitrogen and oxygen atoms in total. The zero-order chi connectivity index (χ0) is 20.9. The van der Waals surface area contributed by atoms with Gasteiger partial charge >= 0.3 is 5.97 Å². The quantitative estimate of drug-likeness (QED) is 0.491. The largest absolute Gasteiger partial charge is 0.460 e. The fourth-order valence-corrected chi connectivity index (χ4v) is 5.14. The van der Waals surface area contributed by atoms with Gasteiger partial charge in [0.1, 0.15) is 18.1 Å². The summed E-state index contributed by atoms with van der Waals surface area (Å²) < 4.78 is 12.8. The summed E-state index contributed by atoms with van der Waals surface area (Å²) in [6.45, 7) is 2.65. The second-order valence-electron chi connectivity index (χ2n) is 8.19. The molecule has 5 rings (SSSR count). The predicted molar refractivity (Wildman–Crippen MR) is 114 cm³/mol. The van der Waals surface area contributed by atoms with Crippen LogP contribution in [-0.2, 0) is 25.7 Å². The molecule has 3 aliphatic rings. The van der Waals surface area contributed by atoms with E-state index in [0.717, 1.165) is 15.6 Å². The number of rotatable bonds is 5. The first-order valence-electron chi connectivity index (χ1n) is 10.1. The van der Waals surface area contributed by atoms with E-state index >= 15 is 0 Å². The van der Waals surface area contributed by atoms with E-state index in [9.17, 15) is 9.59 Å². The highest BCUT2D eigenvalue weighted by Crippen LogP contribution is 2.53. The lowest BCUT2D eigenvalue weighted by molar-refractivity contribution is -0.155. The second-order valence-corrected chi connectivity index (χ2v) is 9.10. The maximum absolute atomic E-state index is 13.4. The molecule has 0 N–H and O–H groups in total. The molecule has 0 aromatic heterocycles. The van der Waals surface area contributed by atoms with Gasteiger partial charge in [-0.25, -0.2) is 0 Å². The zero-order valence-electron chi connectivity index (χ0n) is 16.5. The average molecular weight is 468 g/mol. The van der Waals surface area contributed by atoms with Gasteiger partial charge in [0.2, 0.25) is 5.91 Å². The van der Waals surface area contributed by atoms with Crippen LogP contribution in [-0.4, -0.2) is 35.0 Å². The fourth-order valence-electron chi connectivity index (χ4n) is 4.87. The van der Waals surface area contributed by atoms with Crippen molar-refractivity contribution in [2.24, 2.45) is 11.8 Å². The number of halogens is 1. The highest BCUT2D eigenvalue weighted by molar-refractivity contribution is 9.10. The molecule has 0 radical (unpaired) electrons. The summed E-state index contributed by atoms with van der Waals surface area (Å²) in [5.74, 6) is -1.55. The molecule has 2 fully saturated rings. The van der Waals surface area contributed by atoms with Crippen molar-refractivity contribution in [3.63, 3.8) is 0 Å². The van der Waals surface area contributed by atoms with Gasteiger partial charge in [-0.2, -0.15) is 0 Å². The average Bonchev–Trinajstić information content (AvgIpc) is 3.41. The maximum Gasteiger partial charge on any atom is 0.313 e. The Kier molecular flexibility index (Phi) is 4.79. The minimum Gasteiger partial charge on any atom is -0.460 e. The molecule has 3 heterocycles. The molecule has 5 atom stereocenters. The number of fused-ring (bicyclic) bond motifs is 1. The van der Waals surface area contributed by atoms with Crippen molar-refractivity contribution in [1.29, 1.82) is 0 Å². The third kappa shape index (κ3) is 3.10. The third-order valence-corrected chi connectivity index (χ3v) is 6.97. The standard InChI is InChI=1S/C24H22BrNO4/c1-15(17-7-9-18(25)10-8-17)26-14-24-12-11-19(30-24)20(21(24)22(26)27)23(28)29-13-16-5-3-2-4-6-16/h2-12,15,19-21H,13-14H2,1H3. The van der Waals surface area contributed by atoms with Gasteiger partial charge in [0.05, 0.1) is 24.6 Å². The van der Waals surface area contributed by atoms with Gasteiger partial charge in [-0.15, -0.1) is 0 Å². The van der Waals surface area contributed by atoms with Crippen molar-refractivity contribution in [2.75, 3.05) is 6.54 Å². The highest BCUT2D eigenvalue weighted by Gasteiger charge is 2.67. The number of esters is 1. The predicted octanol–water partition coefficient (Wildman–Crippen LogP) is 4.04. The number of ether oxygens (including phenoxy) is 2. The number of nitrogens with zero attached hydrogens (tertiary/aromatic N) is 1. The molecule has 3 aliphatic heterocycles. The minimum atomic E-state index is -0.734. The van der Waals surface area contributed by atoms with Crippen molar-refractivity contribution in [2.45, 2.75) is 31.3 Å². The van der Waals surface area contributed by atoms with Crippen LogP contribution in [0.15, 0.2) is 71.2 Å². The van der Waals surface area contributed by atoms with Crippen LogP contribution in [0.4, 0.5) is 0 Å². The van der Waals surface area contributed by atoms with Crippen molar-refractivity contribution < 1.29 is 19.1 Å². The number of carbonyl (C=O) groups is 2. The summed E-state index contributed by atoms with van der Waals surface area (Å²) in [6, 6.07) is 17.4. The van der Waals surface area contributed by atoms with E-state index in [0.29, 0.717) is 6.54 Å². The number of hydrogen-bond acceptors (Lipinski definition) is 4. The molecule has 1 spiro atoms. The molecule has 30 heavy (non-hydrogen) atoms. The Morgan fingerprint density at radius 1 is 1.23 bits per heavy atom. The molecular formula is C24H22BrNO4. The minimum absolute atomic E-state index is 0.0427. The summed E-state index contributed by atoms with van der Waals surface area (Å²) in [7, 11) is 0. The van der Waals surface area contributed by atoms with Gasteiger partial charge in [0.25, 0.3) is 0 Å². The fraction of sp³-hybridized carbons (Fsp3) is 0.333. The first-order valence-corrected chi connectivity index (χ1v) is 10.9. The van der Waals surface area contributed by atoms with Crippen molar-refractivity contribution in [3.8, 4) is 0 Å². The summed E-state index contributed by atoms with van der Waals surface area (Å²) in [6.07, 6.45) is 3.48. The number of likely N-dealkylation sites (tertiary alicyclic amines) is 1. The smallest absolute Gasteiger partial charge is 0.313 e. The molecule has 5 unspecified atom stereocenters. The van der Waals surface area contributed by atoms with Crippen LogP contribution in [0, 0.1) is 11.8 Å². The van der Waals surface area contributed by atoms with Gasteiger partial charge in [-0.1, -0.05) is 70.5 Å². The van der Waals surface area contributed by atoms with E-state index in [4.69, 9.17) is 9.47 Å². The molecule has 2 saturated heterocycles. The van der Waals surface area contributed by atoms with Gasteiger partial charge in [-0.3, -0.25) is 9.59 Å². The van der Waals surface area contributed by atoms with E-state index in [-0.39, 0.29) is 24.5 Å². The molecule has 154 valence electrons. The van der Waals surface area contributed by atoms with E-state index in [1.165, 1.54) is 0 Å². The summed E-state index contributed by atoms with van der Waals surface area (Å²) in [4.78, 5) is 28.2. The monoisotopic (exact) mass is 467 g/mol. The molecule has 6 heteroatoms. The normalized spacial score (nSPS) is 29.9. The highest BCUT2D eigenvalue weighted by atomic mass is 79.9. The molecular weight excluding hydrogens is 446 g/mol. The van der Waals surface area contributed by atoms with Crippen molar-refractivity contribution >= 4 is 27.8 Å². The zero-order valence-corrected chi connectivity index (χ0v) is 18.1. The van der Waals surface area contributed by atoms with E-state index < -0.39 is 23.5 Å². The van der Waals surface area contributed by atoms with Crippen LogP contribution in [0.1, 0.15) is 24.1 Å². The summed E-state index contributed by atoms with van der Waals surface area (Å²) >= 11 is 3.45. The van der Waals surface area contributed by atoms with Crippen molar-refractivity contribution in [3.05, 3.63) is 82.3 Å². The van der Waals surface area contributed by atoms with Gasteiger partial charge in [0, 0.05) is 4.47 Å². The van der Waals surface area contributed by atoms with Gasteiger partial charge in [-0.05, 0) is 30.2 Å². The SMILES string of the molecule is CC(c1ccc(Br)cc1)N1CC23C=CC(O2)C(C(=O)OCc2ccccc2)C3C1=O. The van der Waals surface area contributed by atoms with E-state index in [2.05, 4.69) is 15.9 Å². The Labute approximate surface area is 183 Å². The van der Waals surface area contributed by atoms with Crippen molar-refractivity contribution in [1.82, 2.24) is 4.90 Å². The Bertz CT molecular complexity index is 1010. The van der Waals surface area contributed by atoms with Crippen LogP contribution in [0.2, 0.25) is 0 Å². The lowest BCUT2D eigenvalue weighted by Crippen LogP contribution is -2.40. The van der Waals surface area contributed by atoms with E-state index in [1.54, 1.807) is 0 Å². The van der Waals surface area contributed by atoms with Crippen LogP contribution < -0.4 is 0 Å². The lowest BCUT2D eigenvalue weighted by atomic mass is 9.77. The van der Waals surface area contributed by atoms with Crippen LogP contribution >= 0.6 is 15.9 Å². The Morgan fingerprint density at radius 2 is 1.97 bits per heavy atom. The Balaban J connectivity index is 1.35. The van der Waals surface area contributed by atoms with Crippen LogP contribution in [0.25, 0.3) is 0 Å². The van der Waals surface area contributed by atoms with E-state index in [1.807, 2.05) is 78.6 Å². The first kappa shape index (κ1) is 19.5. The molecule has 2 bridgehead atoms. The molecule has 1 amide bonds. The van der Waals surface area contributed by atoms with Gasteiger partial charge in [0.15, 0.2) is 0 Å². The first-order chi connectivity index (χ1) is 14.5. The third-order valence-electron chi connectivity index (χ3n) is 6.45. The molecule has 0 saturated carbocycles. The number of benzene rings is 2. The second kappa shape index (κ2) is 7.36. The lowest BCUT2D eigenvalue weighted by Gasteiger charge is -2.27.